The molecule has 37 heavy (non-hydrogen) atoms. The first-order valence-corrected chi connectivity index (χ1v) is 12.0. The van der Waals surface area contributed by atoms with E-state index in [4.69, 9.17) is 21.1 Å². The zero-order valence-corrected chi connectivity index (χ0v) is 21.6. The molecular formula is C29H27ClFN3O3. The number of aryl methyl sites for hydroxylation is 2. The van der Waals surface area contributed by atoms with Gasteiger partial charge in [0, 0.05) is 28.4 Å². The number of carbonyl (C=O) groups excluding carboxylic acids is 1. The molecule has 0 aliphatic rings. The highest BCUT2D eigenvalue weighted by atomic mass is 35.5. The highest BCUT2D eigenvalue weighted by Gasteiger charge is 2.10. The second-order valence-corrected chi connectivity index (χ2v) is 8.92. The Hall–Kier alpha value is -4.10. The van der Waals surface area contributed by atoms with Gasteiger partial charge in [-0.25, -0.2) is 4.39 Å². The van der Waals surface area contributed by atoms with Gasteiger partial charge < -0.3 is 14.8 Å². The summed E-state index contributed by atoms with van der Waals surface area (Å²) >= 11 is 6.13. The number of anilines is 1. The van der Waals surface area contributed by atoms with E-state index >= 15 is 0 Å². The van der Waals surface area contributed by atoms with Crippen LogP contribution in [0.1, 0.15) is 27.9 Å². The average molecular weight is 520 g/mol. The number of aromatic nitrogens is 2. The molecule has 1 N–H and O–H groups in total. The van der Waals surface area contributed by atoms with Gasteiger partial charge in [-0.05, 0) is 66.9 Å². The number of para-hydroxylation sites is 1. The van der Waals surface area contributed by atoms with Crippen LogP contribution in [-0.2, 0) is 17.9 Å². The quantitative estimate of drug-likeness (QED) is 0.254. The van der Waals surface area contributed by atoms with Crippen LogP contribution in [0.3, 0.4) is 0 Å². The molecule has 0 saturated heterocycles. The third-order valence-corrected chi connectivity index (χ3v) is 6.13. The van der Waals surface area contributed by atoms with Crippen LogP contribution in [0.25, 0.3) is 6.08 Å². The lowest BCUT2D eigenvalue weighted by molar-refractivity contribution is -0.111. The molecule has 0 radical (unpaired) electrons. The zero-order valence-electron chi connectivity index (χ0n) is 20.8. The van der Waals surface area contributed by atoms with E-state index in [9.17, 15) is 9.18 Å². The first kappa shape index (κ1) is 26.0. The first-order valence-electron chi connectivity index (χ1n) is 11.6. The summed E-state index contributed by atoms with van der Waals surface area (Å²) in [5.41, 5.74) is 4.30. The van der Waals surface area contributed by atoms with Crippen LogP contribution in [0.15, 0.2) is 72.8 Å². The molecule has 0 fully saturated rings. The van der Waals surface area contributed by atoms with Crippen molar-refractivity contribution in [3.8, 4) is 11.5 Å². The number of hydrogen-bond acceptors (Lipinski definition) is 4. The molecule has 4 rings (SSSR count). The summed E-state index contributed by atoms with van der Waals surface area (Å²) in [5.74, 6) is 1.21. The largest absolute Gasteiger partial charge is 0.496 e. The summed E-state index contributed by atoms with van der Waals surface area (Å²) in [7, 11) is 1.61. The molecule has 0 aliphatic carbocycles. The van der Waals surface area contributed by atoms with E-state index in [0.29, 0.717) is 29.7 Å². The molecule has 6 nitrogen and oxygen atoms in total. The van der Waals surface area contributed by atoms with Crippen LogP contribution in [0.4, 0.5) is 10.2 Å². The second-order valence-electron chi connectivity index (χ2n) is 8.51. The van der Waals surface area contributed by atoms with Crippen molar-refractivity contribution in [1.82, 2.24) is 9.78 Å². The van der Waals surface area contributed by atoms with E-state index in [2.05, 4.69) is 10.4 Å². The number of carbonyl (C=O) groups is 1. The van der Waals surface area contributed by atoms with Crippen molar-refractivity contribution in [1.29, 1.82) is 0 Å². The average Bonchev–Trinajstić information content (AvgIpc) is 3.22. The van der Waals surface area contributed by atoms with Crippen LogP contribution < -0.4 is 14.8 Å². The van der Waals surface area contributed by atoms with Crippen molar-refractivity contribution in [2.45, 2.75) is 27.0 Å². The maximum atomic E-state index is 13.3. The minimum Gasteiger partial charge on any atom is -0.496 e. The van der Waals surface area contributed by atoms with Crippen molar-refractivity contribution >= 4 is 29.4 Å². The fourth-order valence-electron chi connectivity index (χ4n) is 3.77. The number of amides is 1. The zero-order chi connectivity index (χ0) is 26.4. The van der Waals surface area contributed by atoms with Gasteiger partial charge in [0.15, 0.2) is 5.82 Å². The molecule has 0 bridgehead atoms. The number of ether oxygens (including phenoxy) is 2. The molecule has 0 aliphatic heterocycles. The molecule has 4 aromatic rings. The van der Waals surface area contributed by atoms with E-state index in [1.807, 2.05) is 56.3 Å². The lowest BCUT2D eigenvalue weighted by Gasteiger charge is -2.12. The second kappa shape index (κ2) is 11.8. The number of rotatable bonds is 9. The summed E-state index contributed by atoms with van der Waals surface area (Å²) in [5, 5.41) is 7.52. The minimum absolute atomic E-state index is 0.321. The van der Waals surface area contributed by atoms with E-state index < -0.39 is 5.82 Å². The summed E-state index contributed by atoms with van der Waals surface area (Å²) in [4.78, 5) is 12.6. The van der Waals surface area contributed by atoms with Crippen LogP contribution >= 0.6 is 11.6 Å². The van der Waals surface area contributed by atoms with Gasteiger partial charge in [0.05, 0.1) is 13.7 Å². The van der Waals surface area contributed by atoms with E-state index in [1.165, 1.54) is 18.2 Å². The van der Waals surface area contributed by atoms with Gasteiger partial charge in [0.25, 0.3) is 0 Å². The molecule has 1 aromatic heterocycles. The van der Waals surface area contributed by atoms with Gasteiger partial charge in [-0.15, -0.1) is 0 Å². The Labute approximate surface area is 220 Å². The van der Waals surface area contributed by atoms with E-state index in [1.54, 1.807) is 30.0 Å². The minimum atomic E-state index is -0.395. The van der Waals surface area contributed by atoms with Crippen molar-refractivity contribution < 1.29 is 18.7 Å². The third kappa shape index (κ3) is 6.77. The first-order chi connectivity index (χ1) is 17.8. The van der Waals surface area contributed by atoms with Gasteiger partial charge >= 0.3 is 0 Å². The summed E-state index contributed by atoms with van der Waals surface area (Å²) in [6.07, 6.45) is 3.16. The van der Waals surface area contributed by atoms with E-state index in [-0.39, 0.29) is 5.91 Å². The fraction of sp³-hybridized carbons (Fsp3) is 0.172. The maximum absolute atomic E-state index is 13.3. The van der Waals surface area contributed by atoms with Gasteiger partial charge in [-0.1, -0.05) is 41.9 Å². The number of methoxy groups -OCH3 is 1. The van der Waals surface area contributed by atoms with Crippen LogP contribution in [0, 0.1) is 19.7 Å². The monoisotopic (exact) mass is 519 g/mol. The fourth-order valence-corrected chi connectivity index (χ4v) is 4.00. The highest BCUT2D eigenvalue weighted by molar-refractivity contribution is 6.31. The number of nitrogens with one attached hydrogen (secondary N) is 1. The molecule has 8 heteroatoms. The summed E-state index contributed by atoms with van der Waals surface area (Å²) in [6.45, 7) is 4.55. The molecule has 3 aromatic carbocycles. The Morgan fingerprint density at radius 2 is 1.86 bits per heavy atom. The van der Waals surface area contributed by atoms with Gasteiger partial charge in [-0.2, -0.15) is 5.10 Å². The Kier molecular flexibility index (Phi) is 8.25. The lowest BCUT2D eigenvalue weighted by atomic mass is 10.1. The van der Waals surface area contributed by atoms with Gasteiger partial charge in [0.2, 0.25) is 5.91 Å². The summed E-state index contributed by atoms with van der Waals surface area (Å²) in [6, 6.07) is 19.4. The molecule has 1 amide bonds. The normalized spacial score (nSPS) is 11.1. The number of benzene rings is 3. The van der Waals surface area contributed by atoms with E-state index in [0.717, 1.165) is 33.7 Å². The number of halogens is 2. The van der Waals surface area contributed by atoms with Gasteiger partial charge in [-0.3, -0.25) is 9.48 Å². The SMILES string of the molecule is COc1ccc(/C=C/C(=O)Nc2cc(C)n(Cc3ccc(F)cc3Cl)n2)cc1COc1ccccc1C. The number of nitrogens with zero attached hydrogens (tertiary/aromatic N) is 2. The molecule has 0 spiro atoms. The molecule has 0 unspecified atom stereocenters. The predicted octanol–water partition coefficient (Wildman–Crippen LogP) is 6.58. The smallest absolute Gasteiger partial charge is 0.249 e. The molecule has 0 atom stereocenters. The molecule has 1 heterocycles. The van der Waals surface area contributed by atoms with Gasteiger partial charge in [0.1, 0.15) is 23.9 Å². The lowest BCUT2D eigenvalue weighted by Crippen LogP contribution is -2.10. The molecule has 0 saturated carbocycles. The van der Waals surface area contributed by atoms with Crippen LogP contribution in [-0.4, -0.2) is 22.8 Å². The van der Waals surface area contributed by atoms with Crippen LogP contribution in [0.2, 0.25) is 5.02 Å². The van der Waals surface area contributed by atoms with Crippen molar-refractivity contribution in [3.63, 3.8) is 0 Å². The van der Waals surface area contributed by atoms with Crippen LogP contribution in [0.5, 0.6) is 11.5 Å². The Balaban J connectivity index is 1.41. The Morgan fingerprint density at radius 1 is 1.05 bits per heavy atom. The maximum Gasteiger partial charge on any atom is 0.249 e. The number of hydrogen-bond donors (Lipinski definition) is 1. The topological polar surface area (TPSA) is 65.4 Å². The molecular weight excluding hydrogens is 493 g/mol. The third-order valence-electron chi connectivity index (χ3n) is 5.78. The van der Waals surface area contributed by atoms with Crippen molar-refractivity contribution in [2.75, 3.05) is 12.4 Å². The standard InChI is InChI=1S/C29H27ClFN3O3/c1-19-6-4-5-7-26(19)37-18-23-15-21(8-12-27(23)36-3)9-13-29(35)32-28-14-20(2)34(33-28)17-22-10-11-24(31)16-25(22)30/h4-16H,17-18H2,1-3H3,(H,32,33,35)/b13-9+. The Bertz CT molecular complexity index is 1450. The predicted molar refractivity (Wildman–Crippen MR) is 144 cm³/mol. The summed E-state index contributed by atoms with van der Waals surface area (Å²) < 4.78 is 26.5. The Morgan fingerprint density at radius 3 is 2.62 bits per heavy atom. The molecule has 190 valence electrons. The van der Waals surface area contributed by atoms with Crippen molar-refractivity contribution in [3.05, 3.63) is 112 Å². The highest BCUT2D eigenvalue weighted by Crippen LogP contribution is 2.25. The van der Waals surface area contributed by atoms with Crippen molar-refractivity contribution in [2.24, 2.45) is 0 Å².